The Morgan fingerprint density at radius 2 is 1.91 bits per heavy atom. The van der Waals surface area contributed by atoms with E-state index < -0.39 is 12.8 Å². The van der Waals surface area contributed by atoms with Crippen molar-refractivity contribution < 1.29 is 17.9 Å². The molecule has 0 aliphatic rings. The zero-order valence-electron chi connectivity index (χ0n) is 11.9. The average Bonchev–Trinajstić information content (AvgIpc) is 2.46. The summed E-state index contributed by atoms with van der Waals surface area (Å²) < 4.78 is 40.6. The number of nitrogens with zero attached hydrogens (tertiary/aromatic N) is 1. The van der Waals surface area contributed by atoms with E-state index in [1.54, 1.807) is 19.2 Å². The molecule has 0 bridgehead atoms. The molecule has 0 radical (unpaired) electrons. The molecule has 0 amide bonds. The molecule has 2 N–H and O–H groups in total. The second-order valence-electron chi connectivity index (χ2n) is 4.03. The zero-order chi connectivity index (χ0) is 15.7. The zero-order valence-corrected chi connectivity index (χ0v) is 14.2. The highest BCUT2D eigenvalue weighted by molar-refractivity contribution is 14.0. The lowest BCUT2D eigenvalue weighted by Crippen LogP contribution is -2.36. The third kappa shape index (κ3) is 8.61. The molecule has 1 rings (SSSR count). The van der Waals surface area contributed by atoms with Gasteiger partial charge in [0.25, 0.3) is 0 Å². The minimum atomic E-state index is -4.34. The van der Waals surface area contributed by atoms with Crippen LogP contribution in [0.25, 0.3) is 0 Å². The molecule has 1 aromatic rings. The van der Waals surface area contributed by atoms with Crippen LogP contribution in [0.4, 0.5) is 13.2 Å². The Balaban J connectivity index is 0.00000441. The van der Waals surface area contributed by atoms with Gasteiger partial charge in [-0.3, -0.25) is 4.99 Å². The van der Waals surface area contributed by atoms with Gasteiger partial charge in [-0.2, -0.15) is 13.2 Å². The van der Waals surface area contributed by atoms with Crippen molar-refractivity contribution >= 4 is 29.9 Å². The Bertz CT molecular complexity index is 510. The molecule has 4 nitrogen and oxygen atoms in total. The molecular weight excluding hydrogens is 410 g/mol. The number of ether oxygens (including phenoxy) is 1. The van der Waals surface area contributed by atoms with E-state index in [4.69, 9.17) is 6.42 Å². The van der Waals surface area contributed by atoms with Crippen LogP contribution >= 0.6 is 24.0 Å². The monoisotopic (exact) mass is 427 g/mol. The van der Waals surface area contributed by atoms with Gasteiger partial charge >= 0.3 is 6.18 Å². The summed E-state index contributed by atoms with van der Waals surface area (Å²) in [6.07, 6.45) is 0.787. The quantitative estimate of drug-likeness (QED) is 0.329. The maximum absolute atomic E-state index is 12.0. The molecule has 0 saturated carbocycles. The second kappa shape index (κ2) is 10.2. The first-order valence-electron chi connectivity index (χ1n) is 6.11. The van der Waals surface area contributed by atoms with Crippen molar-refractivity contribution in [3.8, 4) is 18.1 Å². The lowest BCUT2D eigenvalue weighted by atomic mass is 10.2. The molecule has 22 heavy (non-hydrogen) atoms. The molecule has 0 atom stereocenters. The van der Waals surface area contributed by atoms with E-state index >= 15 is 0 Å². The maximum Gasteiger partial charge on any atom is 0.422 e. The molecule has 0 heterocycles. The average molecular weight is 427 g/mol. The Labute approximate surface area is 144 Å². The molecule has 0 aliphatic heterocycles. The van der Waals surface area contributed by atoms with Crippen LogP contribution in [0.2, 0.25) is 0 Å². The van der Waals surface area contributed by atoms with Crippen LogP contribution in [0.3, 0.4) is 0 Å². The van der Waals surface area contributed by atoms with Crippen molar-refractivity contribution in [1.82, 2.24) is 10.6 Å². The fourth-order valence-electron chi connectivity index (χ4n) is 1.41. The SMILES string of the molecule is C#CCNC(=NC)NCc1ccc(OCC(F)(F)F)cc1.I. The van der Waals surface area contributed by atoms with Gasteiger partial charge in [0, 0.05) is 13.6 Å². The minimum Gasteiger partial charge on any atom is -0.484 e. The van der Waals surface area contributed by atoms with E-state index in [1.165, 1.54) is 12.1 Å². The van der Waals surface area contributed by atoms with Crippen molar-refractivity contribution in [3.63, 3.8) is 0 Å². The topological polar surface area (TPSA) is 45.7 Å². The smallest absolute Gasteiger partial charge is 0.422 e. The number of terminal acetylenes is 1. The maximum atomic E-state index is 12.0. The molecule has 0 aliphatic carbocycles. The number of halogens is 4. The Hall–Kier alpha value is -1.63. The van der Waals surface area contributed by atoms with Crippen molar-refractivity contribution in [3.05, 3.63) is 29.8 Å². The predicted molar refractivity (Wildman–Crippen MR) is 90.4 cm³/mol. The van der Waals surface area contributed by atoms with E-state index in [0.29, 0.717) is 19.0 Å². The van der Waals surface area contributed by atoms with Crippen LogP contribution in [0, 0.1) is 12.3 Å². The van der Waals surface area contributed by atoms with Gasteiger partial charge < -0.3 is 15.4 Å². The first-order chi connectivity index (χ1) is 9.94. The first kappa shape index (κ1) is 20.4. The third-order valence-electron chi connectivity index (χ3n) is 2.37. The van der Waals surface area contributed by atoms with E-state index in [9.17, 15) is 13.2 Å². The summed E-state index contributed by atoms with van der Waals surface area (Å²) in [6.45, 7) is -0.485. The van der Waals surface area contributed by atoms with Gasteiger partial charge in [-0.1, -0.05) is 18.1 Å². The van der Waals surface area contributed by atoms with Gasteiger partial charge in [0.15, 0.2) is 12.6 Å². The van der Waals surface area contributed by atoms with Gasteiger partial charge in [-0.15, -0.1) is 30.4 Å². The number of aliphatic imine (C=N–C) groups is 1. The van der Waals surface area contributed by atoms with Crippen LogP contribution < -0.4 is 15.4 Å². The van der Waals surface area contributed by atoms with Crippen molar-refractivity contribution in [2.75, 3.05) is 20.2 Å². The number of guanidine groups is 1. The van der Waals surface area contributed by atoms with Gasteiger partial charge in [-0.25, -0.2) is 0 Å². The van der Waals surface area contributed by atoms with Crippen LogP contribution in [-0.2, 0) is 6.54 Å². The Kier molecular flexibility index (Phi) is 9.40. The van der Waals surface area contributed by atoms with Crippen molar-refractivity contribution in [2.45, 2.75) is 12.7 Å². The molecule has 122 valence electrons. The molecule has 0 saturated heterocycles. The van der Waals surface area contributed by atoms with E-state index in [1.807, 2.05) is 0 Å². The Morgan fingerprint density at radius 1 is 1.27 bits per heavy atom. The van der Waals surface area contributed by atoms with Gasteiger partial charge in [0.1, 0.15) is 5.75 Å². The third-order valence-corrected chi connectivity index (χ3v) is 2.37. The number of rotatable bonds is 5. The largest absolute Gasteiger partial charge is 0.484 e. The summed E-state index contributed by atoms with van der Waals surface area (Å²) in [4.78, 5) is 3.96. The molecule has 0 aromatic heterocycles. The van der Waals surface area contributed by atoms with Gasteiger partial charge in [0.2, 0.25) is 0 Å². The molecule has 8 heteroatoms. The lowest BCUT2D eigenvalue weighted by molar-refractivity contribution is -0.153. The molecule has 1 aromatic carbocycles. The van der Waals surface area contributed by atoms with E-state index in [2.05, 4.69) is 26.3 Å². The summed E-state index contributed by atoms with van der Waals surface area (Å²) in [7, 11) is 1.61. The summed E-state index contributed by atoms with van der Waals surface area (Å²) in [5.74, 6) is 3.14. The van der Waals surface area contributed by atoms with Gasteiger partial charge in [-0.05, 0) is 17.7 Å². The van der Waals surface area contributed by atoms with Crippen LogP contribution in [0.1, 0.15) is 5.56 Å². The summed E-state index contributed by atoms with van der Waals surface area (Å²) >= 11 is 0. The number of hydrogen-bond acceptors (Lipinski definition) is 2. The van der Waals surface area contributed by atoms with Crippen LogP contribution in [0.15, 0.2) is 29.3 Å². The van der Waals surface area contributed by atoms with Crippen molar-refractivity contribution in [2.24, 2.45) is 4.99 Å². The minimum absolute atomic E-state index is 0. The van der Waals surface area contributed by atoms with E-state index in [0.717, 1.165) is 5.56 Å². The second-order valence-corrected chi connectivity index (χ2v) is 4.03. The van der Waals surface area contributed by atoms with Crippen molar-refractivity contribution in [1.29, 1.82) is 0 Å². The number of nitrogens with one attached hydrogen (secondary N) is 2. The highest BCUT2D eigenvalue weighted by atomic mass is 127. The predicted octanol–water partition coefficient (Wildman–Crippen LogP) is 2.54. The standard InChI is InChI=1S/C14H16F3N3O.HI/c1-3-8-19-13(18-2)20-9-11-4-6-12(7-5-11)21-10-14(15,16)17;/h1,4-7H,8-10H2,2H3,(H2,18,19,20);1H. The molecular formula is C14H17F3IN3O. The fourth-order valence-corrected chi connectivity index (χ4v) is 1.41. The highest BCUT2D eigenvalue weighted by Gasteiger charge is 2.28. The summed E-state index contributed by atoms with van der Waals surface area (Å²) in [6, 6.07) is 6.32. The highest BCUT2D eigenvalue weighted by Crippen LogP contribution is 2.18. The lowest BCUT2D eigenvalue weighted by Gasteiger charge is -2.11. The molecule has 0 spiro atoms. The number of alkyl halides is 3. The summed E-state index contributed by atoms with van der Waals surface area (Å²) in [5, 5.41) is 5.91. The summed E-state index contributed by atoms with van der Waals surface area (Å²) in [5.41, 5.74) is 0.873. The Morgan fingerprint density at radius 3 is 2.41 bits per heavy atom. The first-order valence-corrected chi connectivity index (χ1v) is 6.11. The number of benzene rings is 1. The molecule has 0 unspecified atom stereocenters. The normalized spacial score (nSPS) is 11.1. The molecule has 0 fully saturated rings. The fraction of sp³-hybridized carbons (Fsp3) is 0.357. The van der Waals surface area contributed by atoms with E-state index in [-0.39, 0.29) is 29.7 Å². The van der Waals surface area contributed by atoms with Gasteiger partial charge in [0.05, 0.1) is 6.54 Å². The van der Waals surface area contributed by atoms with Crippen LogP contribution in [-0.4, -0.2) is 32.3 Å². The number of hydrogen-bond donors (Lipinski definition) is 2. The van der Waals surface area contributed by atoms with Crippen LogP contribution in [0.5, 0.6) is 5.75 Å².